The molecule has 1 aromatic carbocycles. The summed E-state index contributed by atoms with van der Waals surface area (Å²) in [6, 6.07) is 9.45. The highest BCUT2D eigenvalue weighted by atomic mass is 16.6. The molecule has 0 unspecified atom stereocenters. The minimum Gasteiger partial charge on any atom is -0.445 e. The first kappa shape index (κ1) is 13.6. The Labute approximate surface area is 122 Å². The van der Waals surface area contributed by atoms with Crippen LogP contribution >= 0.6 is 0 Å². The summed E-state index contributed by atoms with van der Waals surface area (Å²) in [4.78, 5) is 18.1. The van der Waals surface area contributed by atoms with Gasteiger partial charge in [-0.2, -0.15) is 4.98 Å². The lowest BCUT2D eigenvalue weighted by Gasteiger charge is -2.21. The Morgan fingerprint density at radius 2 is 2.24 bits per heavy atom. The smallest absolute Gasteiger partial charge is 0.410 e. The van der Waals surface area contributed by atoms with Crippen molar-refractivity contribution in [1.82, 2.24) is 15.0 Å². The third-order valence-electron chi connectivity index (χ3n) is 3.52. The molecule has 1 fully saturated rings. The molecule has 0 bridgehead atoms. The summed E-state index contributed by atoms with van der Waals surface area (Å²) < 4.78 is 10.5. The van der Waals surface area contributed by atoms with Crippen LogP contribution in [0.4, 0.5) is 4.79 Å². The molecule has 110 valence electrons. The van der Waals surface area contributed by atoms with Crippen LogP contribution in [0, 0.1) is 6.92 Å². The van der Waals surface area contributed by atoms with Crippen molar-refractivity contribution in [3.8, 4) is 0 Å². The summed E-state index contributed by atoms with van der Waals surface area (Å²) in [7, 11) is 0. The number of carbonyl (C=O) groups excluding carboxylic acids is 1. The van der Waals surface area contributed by atoms with Crippen molar-refractivity contribution in [2.75, 3.05) is 6.54 Å². The third kappa shape index (κ3) is 3.04. The summed E-state index contributed by atoms with van der Waals surface area (Å²) in [5.74, 6) is 1.07. The Hall–Kier alpha value is -2.37. The van der Waals surface area contributed by atoms with E-state index >= 15 is 0 Å². The Bertz CT molecular complexity index is 612. The second-order valence-electron chi connectivity index (χ2n) is 5.07. The average molecular weight is 287 g/mol. The van der Waals surface area contributed by atoms with Crippen molar-refractivity contribution in [3.63, 3.8) is 0 Å². The van der Waals surface area contributed by atoms with Crippen LogP contribution in [0.5, 0.6) is 0 Å². The molecule has 0 spiro atoms. The monoisotopic (exact) mass is 287 g/mol. The second kappa shape index (κ2) is 5.95. The Morgan fingerprint density at radius 3 is 2.95 bits per heavy atom. The van der Waals surface area contributed by atoms with Gasteiger partial charge in [-0.05, 0) is 25.3 Å². The van der Waals surface area contributed by atoms with Crippen molar-refractivity contribution in [1.29, 1.82) is 0 Å². The number of nitrogens with zero attached hydrogens (tertiary/aromatic N) is 3. The van der Waals surface area contributed by atoms with Crippen LogP contribution in [0.25, 0.3) is 0 Å². The first-order valence-corrected chi connectivity index (χ1v) is 7.01. The highest BCUT2D eigenvalue weighted by Gasteiger charge is 2.34. The topological polar surface area (TPSA) is 68.5 Å². The lowest BCUT2D eigenvalue weighted by Crippen LogP contribution is -2.31. The number of ether oxygens (including phenoxy) is 1. The normalized spacial score (nSPS) is 18.0. The largest absolute Gasteiger partial charge is 0.445 e. The fourth-order valence-electron chi connectivity index (χ4n) is 2.49. The van der Waals surface area contributed by atoms with Gasteiger partial charge in [0, 0.05) is 6.54 Å². The van der Waals surface area contributed by atoms with Crippen LogP contribution in [-0.4, -0.2) is 27.7 Å². The predicted octanol–water partition coefficient (Wildman–Crippen LogP) is 2.85. The summed E-state index contributed by atoms with van der Waals surface area (Å²) in [6.45, 7) is 2.69. The van der Waals surface area contributed by atoms with Gasteiger partial charge in [-0.25, -0.2) is 4.79 Å². The van der Waals surface area contributed by atoms with E-state index in [1.54, 1.807) is 11.8 Å². The molecule has 1 amide bonds. The van der Waals surface area contributed by atoms with E-state index in [1.165, 1.54) is 0 Å². The minimum absolute atomic E-state index is 0.172. The van der Waals surface area contributed by atoms with E-state index in [0.717, 1.165) is 18.4 Å². The zero-order valence-corrected chi connectivity index (χ0v) is 11.9. The standard InChI is InChI=1S/C15H17N3O3/c1-11-16-14(21-17-11)13-8-5-9-18(13)15(19)20-10-12-6-3-2-4-7-12/h2-4,6-7,13H,5,8-10H2,1H3/t13-/m0/s1. The lowest BCUT2D eigenvalue weighted by atomic mass is 10.2. The number of hydrogen-bond acceptors (Lipinski definition) is 5. The molecular formula is C15H17N3O3. The van der Waals surface area contributed by atoms with Gasteiger partial charge < -0.3 is 9.26 Å². The van der Waals surface area contributed by atoms with Crippen LogP contribution in [0.15, 0.2) is 34.9 Å². The van der Waals surface area contributed by atoms with Gasteiger partial charge in [0.05, 0.1) is 0 Å². The van der Waals surface area contributed by atoms with Crippen LogP contribution in [0.2, 0.25) is 0 Å². The van der Waals surface area contributed by atoms with E-state index in [9.17, 15) is 4.79 Å². The third-order valence-corrected chi connectivity index (χ3v) is 3.52. The van der Waals surface area contributed by atoms with E-state index in [-0.39, 0.29) is 18.7 Å². The van der Waals surface area contributed by atoms with Gasteiger partial charge in [-0.3, -0.25) is 4.90 Å². The molecule has 6 heteroatoms. The highest BCUT2D eigenvalue weighted by Crippen LogP contribution is 2.31. The molecule has 0 N–H and O–H groups in total. The van der Waals surface area contributed by atoms with Gasteiger partial charge in [0.2, 0.25) is 5.89 Å². The SMILES string of the molecule is Cc1noc([C@@H]2CCCN2C(=O)OCc2ccccc2)n1. The fraction of sp³-hybridized carbons (Fsp3) is 0.400. The lowest BCUT2D eigenvalue weighted by molar-refractivity contribution is 0.0865. The molecule has 0 aliphatic carbocycles. The van der Waals surface area contributed by atoms with Gasteiger partial charge >= 0.3 is 6.09 Å². The van der Waals surface area contributed by atoms with E-state index < -0.39 is 0 Å². The quantitative estimate of drug-likeness (QED) is 0.868. The molecule has 2 heterocycles. The van der Waals surface area contributed by atoms with E-state index in [1.807, 2.05) is 30.3 Å². The molecule has 1 aromatic heterocycles. The zero-order valence-electron chi connectivity index (χ0n) is 11.9. The van der Waals surface area contributed by atoms with Gasteiger partial charge in [0.1, 0.15) is 12.6 Å². The molecule has 2 aromatic rings. The summed E-state index contributed by atoms with van der Waals surface area (Å²) in [5, 5.41) is 3.78. The number of rotatable bonds is 3. The van der Waals surface area contributed by atoms with Crippen molar-refractivity contribution in [2.45, 2.75) is 32.4 Å². The molecule has 3 rings (SSSR count). The minimum atomic E-state index is -0.336. The molecule has 1 atom stereocenters. The van der Waals surface area contributed by atoms with E-state index in [0.29, 0.717) is 18.3 Å². The maximum Gasteiger partial charge on any atom is 0.410 e. The zero-order chi connectivity index (χ0) is 14.7. The number of benzene rings is 1. The highest BCUT2D eigenvalue weighted by molar-refractivity contribution is 5.68. The van der Waals surface area contributed by atoms with Crippen LogP contribution in [0.3, 0.4) is 0 Å². The Kier molecular flexibility index (Phi) is 3.85. The van der Waals surface area contributed by atoms with Gasteiger partial charge in [-0.15, -0.1) is 0 Å². The number of carbonyl (C=O) groups is 1. The molecule has 0 radical (unpaired) electrons. The van der Waals surface area contributed by atoms with Gasteiger partial charge in [0.25, 0.3) is 0 Å². The molecule has 0 saturated carbocycles. The predicted molar refractivity (Wildman–Crippen MR) is 74.3 cm³/mol. The number of aryl methyl sites for hydroxylation is 1. The molecule has 1 aliphatic rings. The number of likely N-dealkylation sites (tertiary alicyclic amines) is 1. The Balaban J connectivity index is 1.63. The summed E-state index contributed by atoms with van der Waals surface area (Å²) in [5.41, 5.74) is 0.968. The summed E-state index contributed by atoms with van der Waals surface area (Å²) >= 11 is 0. The van der Waals surface area contributed by atoms with Crippen molar-refractivity contribution in [3.05, 3.63) is 47.6 Å². The van der Waals surface area contributed by atoms with Crippen molar-refractivity contribution < 1.29 is 14.1 Å². The number of hydrogen-bond donors (Lipinski definition) is 0. The summed E-state index contributed by atoms with van der Waals surface area (Å²) in [6.07, 6.45) is 1.39. The molecule has 1 aliphatic heterocycles. The van der Waals surface area contributed by atoms with E-state index in [2.05, 4.69) is 10.1 Å². The first-order valence-electron chi connectivity index (χ1n) is 7.01. The van der Waals surface area contributed by atoms with Crippen LogP contribution in [0.1, 0.15) is 36.2 Å². The maximum atomic E-state index is 12.2. The average Bonchev–Trinajstić information content (AvgIpc) is 3.14. The first-order chi connectivity index (χ1) is 10.2. The molecular weight excluding hydrogens is 270 g/mol. The van der Waals surface area contributed by atoms with Crippen LogP contribution < -0.4 is 0 Å². The number of amides is 1. The molecule has 6 nitrogen and oxygen atoms in total. The fourth-order valence-corrected chi connectivity index (χ4v) is 2.49. The Morgan fingerprint density at radius 1 is 1.43 bits per heavy atom. The molecule has 21 heavy (non-hydrogen) atoms. The van der Waals surface area contributed by atoms with E-state index in [4.69, 9.17) is 9.26 Å². The van der Waals surface area contributed by atoms with Gasteiger partial charge in [0.15, 0.2) is 5.82 Å². The molecule has 1 saturated heterocycles. The maximum absolute atomic E-state index is 12.2. The second-order valence-corrected chi connectivity index (χ2v) is 5.07. The van der Waals surface area contributed by atoms with Crippen molar-refractivity contribution >= 4 is 6.09 Å². The van der Waals surface area contributed by atoms with Gasteiger partial charge in [-0.1, -0.05) is 35.5 Å². The van der Waals surface area contributed by atoms with Crippen LogP contribution in [-0.2, 0) is 11.3 Å². The van der Waals surface area contributed by atoms with Crippen molar-refractivity contribution in [2.24, 2.45) is 0 Å². The number of aromatic nitrogens is 2.